The van der Waals surface area contributed by atoms with Crippen molar-refractivity contribution in [1.29, 1.82) is 0 Å². The molecule has 168 valence electrons. The highest BCUT2D eigenvalue weighted by molar-refractivity contribution is 5.78. The van der Waals surface area contributed by atoms with Gasteiger partial charge in [-0.15, -0.1) is 0 Å². The van der Waals surface area contributed by atoms with Gasteiger partial charge in [0.15, 0.2) is 0 Å². The summed E-state index contributed by atoms with van der Waals surface area (Å²) in [7, 11) is 2.18. The van der Waals surface area contributed by atoms with Gasteiger partial charge in [-0.25, -0.2) is 9.97 Å². The number of hydrogen-bond donors (Lipinski definition) is 2. The lowest BCUT2D eigenvalue weighted by atomic mass is 10.0. The summed E-state index contributed by atoms with van der Waals surface area (Å²) >= 11 is 0. The maximum atomic E-state index is 4.77. The number of nitrogens with zero attached hydrogens (tertiary/aromatic N) is 5. The molecule has 1 aliphatic heterocycles. The van der Waals surface area contributed by atoms with Crippen LogP contribution in [0.4, 0.5) is 11.6 Å². The Hall–Kier alpha value is -3.55. The molecule has 0 atom stereocenters. The van der Waals surface area contributed by atoms with Gasteiger partial charge in [0.1, 0.15) is 0 Å². The van der Waals surface area contributed by atoms with Crippen molar-refractivity contribution in [3.63, 3.8) is 0 Å². The highest BCUT2D eigenvalue weighted by atomic mass is 15.2. The predicted molar refractivity (Wildman–Crippen MR) is 132 cm³/mol. The third-order valence-electron chi connectivity index (χ3n) is 6.10. The highest BCUT2D eigenvalue weighted by Gasteiger charge is 2.15. The standard InChI is InChI=1S/C26H29N7/c1-19-6-8-21(9-7-19)25-23(17-28-31-25)24-10-11-27-26(30-24)29-22-5-3-4-20(16-22)18-33-14-12-32(2)13-15-33/h3-11,16-17H,12-15,18H2,1-2H3,(H,28,31)(H,27,29,30). The molecular weight excluding hydrogens is 410 g/mol. The summed E-state index contributed by atoms with van der Waals surface area (Å²) in [6.07, 6.45) is 3.60. The quantitative estimate of drug-likeness (QED) is 0.466. The van der Waals surface area contributed by atoms with Crippen LogP contribution < -0.4 is 5.32 Å². The minimum atomic E-state index is 0.570. The fourth-order valence-electron chi connectivity index (χ4n) is 4.13. The van der Waals surface area contributed by atoms with E-state index in [1.807, 2.05) is 12.3 Å². The summed E-state index contributed by atoms with van der Waals surface area (Å²) in [5.41, 5.74) is 7.32. The molecule has 2 aromatic carbocycles. The van der Waals surface area contributed by atoms with E-state index in [1.165, 1.54) is 11.1 Å². The number of likely N-dealkylation sites (N-methyl/N-ethyl adjacent to an activating group) is 1. The number of piperazine rings is 1. The molecule has 0 saturated carbocycles. The summed E-state index contributed by atoms with van der Waals surface area (Å²) in [5.74, 6) is 0.570. The fourth-order valence-corrected chi connectivity index (χ4v) is 4.13. The van der Waals surface area contributed by atoms with Gasteiger partial charge in [0.2, 0.25) is 5.95 Å². The molecule has 2 aromatic heterocycles. The van der Waals surface area contributed by atoms with Gasteiger partial charge in [0, 0.05) is 55.7 Å². The molecule has 5 rings (SSSR count). The Kier molecular flexibility index (Phi) is 6.15. The smallest absolute Gasteiger partial charge is 0.227 e. The van der Waals surface area contributed by atoms with E-state index in [0.717, 1.165) is 60.9 Å². The number of rotatable bonds is 6. The predicted octanol–water partition coefficient (Wildman–Crippen LogP) is 4.33. The lowest BCUT2D eigenvalue weighted by Gasteiger charge is -2.32. The number of benzene rings is 2. The Morgan fingerprint density at radius 1 is 1.00 bits per heavy atom. The van der Waals surface area contributed by atoms with Crippen LogP contribution >= 0.6 is 0 Å². The molecule has 33 heavy (non-hydrogen) atoms. The number of aromatic amines is 1. The summed E-state index contributed by atoms with van der Waals surface area (Å²) < 4.78 is 0. The van der Waals surface area contributed by atoms with Gasteiger partial charge in [-0.3, -0.25) is 10.00 Å². The van der Waals surface area contributed by atoms with Crippen molar-refractivity contribution < 1.29 is 0 Å². The van der Waals surface area contributed by atoms with Crippen molar-refractivity contribution in [3.8, 4) is 22.5 Å². The van der Waals surface area contributed by atoms with Crippen LogP contribution in [-0.2, 0) is 6.54 Å². The summed E-state index contributed by atoms with van der Waals surface area (Å²) in [5, 5.41) is 10.8. The second-order valence-electron chi connectivity index (χ2n) is 8.69. The second-order valence-corrected chi connectivity index (χ2v) is 8.69. The molecule has 4 aromatic rings. The Morgan fingerprint density at radius 3 is 2.64 bits per heavy atom. The van der Waals surface area contributed by atoms with Crippen LogP contribution in [0.5, 0.6) is 0 Å². The zero-order valence-electron chi connectivity index (χ0n) is 19.1. The number of anilines is 2. The van der Waals surface area contributed by atoms with Crippen molar-refractivity contribution in [2.75, 3.05) is 38.5 Å². The Balaban J connectivity index is 1.33. The summed E-state index contributed by atoms with van der Waals surface area (Å²) in [4.78, 5) is 14.1. The highest BCUT2D eigenvalue weighted by Crippen LogP contribution is 2.29. The molecule has 2 N–H and O–H groups in total. The number of nitrogens with one attached hydrogen (secondary N) is 2. The molecule has 7 heteroatoms. The molecule has 1 saturated heterocycles. The van der Waals surface area contributed by atoms with E-state index >= 15 is 0 Å². The van der Waals surface area contributed by atoms with Crippen molar-refractivity contribution in [2.24, 2.45) is 0 Å². The molecule has 0 aliphatic carbocycles. The lowest BCUT2D eigenvalue weighted by Crippen LogP contribution is -2.43. The Morgan fingerprint density at radius 2 is 1.82 bits per heavy atom. The van der Waals surface area contributed by atoms with Crippen LogP contribution in [0.2, 0.25) is 0 Å². The van der Waals surface area contributed by atoms with Crippen LogP contribution in [0, 0.1) is 6.92 Å². The van der Waals surface area contributed by atoms with E-state index in [0.29, 0.717) is 5.95 Å². The molecule has 0 amide bonds. The number of hydrogen-bond acceptors (Lipinski definition) is 6. The Labute approximate surface area is 194 Å². The molecule has 0 radical (unpaired) electrons. The first-order valence-corrected chi connectivity index (χ1v) is 11.3. The van der Waals surface area contributed by atoms with Crippen LogP contribution in [0.25, 0.3) is 22.5 Å². The van der Waals surface area contributed by atoms with Gasteiger partial charge in [-0.2, -0.15) is 5.10 Å². The topological polar surface area (TPSA) is 73.0 Å². The first-order valence-electron chi connectivity index (χ1n) is 11.3. The van der Waals surface area contributed by atoms with E-state index in [2.05, 4.69) is 92.8 Å². The van der Waals surface area contributed by atoms with E-state index in [1.54, 1.807) is 6.20 Å². The van der Waals surface area contributed by atoms with Crippen molar-refractivity contribution >= 4 is 11.6 Å². The Bertz CT molecular complexity index is 1210. The summed E-state index contributed by atoms with van der Waals surface area (Å²) in [6.45, 7) is 7.49. The van der Waals surface area contributed by atoms with Gasteiger partial charge >= 0.3 is 0 Å². The average Bonchev–Trinajstić information content (AvgIpc) is 3.32. The molecule has 1 fully saturated rings. The van der Waals surface area contributed by atoms with Gasteiger partial charge in [-0.05, 0) is 37.7 Å². The molecule has 3 heterocycles. The van der Waals surface area contributed by atoms with E-state index in [9.17, 15) is 0 Å². The monoisotopic (exact) mass is 439 g/mol. The molecule has 0 spiro atoms. The maximum absolute atomic E-state index is 4.77. The van der Waals surface area contributed by atoms with Gasteiger partial charge in [0.05, 0.1) is 17.6 Å². The minimum Gasteiger partial charge on any atom is -0.324 e. The number of aryl methyl sites for hydroxylation is 1. The average molecular weight is 440 g/mol. The van der Waals surface area contributed by atoms with Crippen molar-refractivity contribution in [3.05, 3.63) is 78.1 Å². The molecule has 0 bridgehead atoms. The first-order chi connectivity index (χ1) is 16.1. The van der Waals surface area contributed by atoms with Gasteiger partial charge < -0.3 is 10.2 Å². The number of aromatic nitrogens is 4. The minimum absolute atomic E-state index is 0.570. The normalized spacial score (nSPS) is 15.0. The zero-order chi connectivity index (χ0) is 22.6. The van der Waals surface area contributed by atoms with E-state index in [-0.39, 0.29) is 0 Å². The maximum Gasteiger partial charge on any atom is 0.227 e. The van der Waals surface area contributed by atoms with Crippen molar-refractivity contribution in [1.82, 2.24) is 30.0 Å². The van der Waals surface area contributed by atoms with Gasteiger partial charge in [-0.1, -0.05) is 42.0 Å². The molecule has 0 unspecified atom stereocenters. The zero-order valence-corrected chi connectivity index (χ0v) is 19.1. The largest absolute Gasteiger partial charge is 0.324 e. The summed E-state index contributed by atoms with van der Waals surface area (Å²) in [6, 6.07) is 18.8. The first kappa shape index (κ1) is 21.3. The van der Waals surface area contributed by atoms with Crippen LogP contribution in [-0.4, -0.2) is 63.2 Å². The van der Waals surface area contributed by atoms with Crippen LogP contribution in [0.3, 0.4) is 0 Å². The van der Waals surface area contributed by atoms with Crippen LogP contribution in [0.15, 0.2) is 67.0 Å². The number of H-pyrrole nitrogens is 1. The van der Waals surface area contributed by atoms with E-state index in [4.69, 9.17) is 4.98 Å². The van der Waals surface area contributed by atoms with Crippen LogP contribution in [0.1, 0.15) is 11.1 Å². The van der Waals surface area contributed by atoms with E-state index < -0.39 is 0 Å². The second kappa shape index (κ2) is 9.52. The SMILES string of the molecule is Cc1ccc(-c2[nH]ncc2-c2ccnc(Nc3cccc(CN4CCN(C)CC4)c3)n2)cc1. The molecule has 1 aliphatic rings. The van der Waals surface area contributed by atoms with Crippen molar-refractivity contribution in [2.45, 2.75) is 13.5 Å². The van der Waals surface area contributed by atoms with Gasteiger partial charge in [0.25, 0.3) is 0 Å². The third-order valence-corrected chi connectivity index (χ3v) is 6.10. The fraction of sp³-hybridized carbons (Fsp3) is 0.269. The third kappa shape index (κ3) is 5.10. The lowest BCUT2D eigenvalue weighted by molar-refractivity contribution is 0.148. The molecular formula is C26H29N7. The molecule has 7 nitrogen and oxygen atoms in total.